The van der Waals surface area contributed by atoms with Gasteiger partial charge in [-0.3, -0.25) is 4.79 Å². The Balaban J connectivity index is 1.39. The van der Waals surface area contributed by atoms with E-state index in [1.165, 1.54) is 45.2 Å². The van der Waals surface area contributed by atoms with Gasteiger partial charge in [-0.1, -0.05) is 27.2 Å². The lowest BCUT2D eigenvalue weighted by Gasteiger charge is -2.48. The SMILES string of the molecule is C[C@H]1CCC[NH+](C[C@H]2C(=O)O[C@@H]3C[C@@]4(C)CCC[C@H](C)[C@@]45O[C@H]5[C@@H]32)C1. The zero-order chi connectivity index (χ0) is 17.4. The van der Waals surface area contributed by atoms with Crippen LogP contribution in [0.4, 0.5) is 0 Å². The van der Waals surface area contributed by atoms with E-state index in [0.29, 0.717) is 11.8 Å². The summed E-state index contributed by atoms with van der Waals surface area (Å²) in [5.74, 6) is 1.85. The minimum Gasteiger partial charge on any atom is -0.462 e. The minimum absolute atomic E-state index is 0.0448. The molecule has 4 nitrogen and oxygen atoms in total. The molecule has 0 aromatic heterocycles. The van der Waals surface area contributed by atoms with E-state index in [2.05, 4.69) is 20.8 Å². The van der Waals surface area contributed by atoms with Crippen LogP contribution in [0, 0.1) is 29.1 Å². The fraction of sp³-hybridized carbons (Fsp3) is 0.952. The van der Waals surface area contributed by atoms with Crippen LogP contribution in [0.1, 0.15) is 59.3 Å². The Morgan fingerprint density at radius 1 is 1.24 bits per heavy atom. The van der Waals surface area contributed by atoms with Crippen molar-refractivity contribution < 1.29 is 19.2 Å². The number of esters is 1. The second kappa shape index (κ2) is 5.45. The molecule has 4 heteroatoms. The average molecular weight is 349 g/mol. The van der Waals surface area contributed by atoms with Crippen LogP contribution in [-0.2, 0) is 14.3 Å². The third-order valence-corrected chi connectivity index (χ3v) is 8.57. The highest BCUT2D eigenvalue weighted by Crippen LogP contribution is 2.70. The van der Waals surface area contributed by atoms with Crippen molar-refractivity contribution in [1.29, 1.82) is 0 Å². The fourth-order valence-electron chi connectivity index (χ4n) is 7.36. The maximum atomic E-state index is 12.8. The highest BCUT2D eigenvalue weighted by atomic mass is 16.6. The van der Waals surface area contributed by atoms with E-state index >= 15 is 0 Å². The minimum atomic E-state index is 0.0448. The Bertz CT molecular complexity index is 579. The third-order valence-electron chi connectivity index (χ3n) is 8.57. The van der Waals surface area contributed by atoms with E-state index in [1.807, 2.05) is 0 Å². The van der Waals surface area contributed by atoms with Crippen molar-refractivity contribution in [3.63, 3.8) is 0 Å². The number of likely N-dealkylation sites (tertiary alicyclic amines) is 1. The first-order chi connectivity index (χ1) is 11.9. The maximum Gasteiger partial charge on any atom is 0.315 e. The Hall–Kier alpha value is -0.610. The standard InChI is InChI=1S/C21H33NO3/c1-13-6-5-9-22(11-13)12-15-17-16(24-19(15)23)10-20(3)8-4-7-14(2)21(20)18(17)25-21/h13-18H,4-12H2,1-3H3/p+1/t13-,14-,15+,16+,17+,18-,20+,21-/m0/s1. The van der Waals surface area contributed by atoms with Crippen LogP contribution in [0.3, 0.4) is 0 Å². The molecule has 1 spiro atoms. The smallest absolute Gasteiger partial charge is 0.315 e. The number of quaternary nitrogens is 1. The number of nitrogens with one attached hydrogen (secondary N) is 1. The first-order valence-electron chi connectivity index (χ1n) is 10.7. The summed E-state index contributed by atoms with van der Waals surface area (Å²) in [4.78, 5) is 14.4. The van der Waals surface area contributed by atoms with E-state index in [-0.39, 0.29) is 35.1 Å². The van der Waals surface area contributed by atoms with Gasteiger partial charge in [0.15, 0.2) is 0 Å². The van der Waals surface area contributed by atoms with Gasteiger partial charge in [-0.25, -0.2) is 0 Å². The van der Waals surface area contributed by atoms with Crippen LogP contribution in [0.2, 0.25) is 0 Å². The molecular weight excluding hydrogens is 314 g/mol. The second-order valence-corrected chi connectivity index (χ2v) is 10.2. The lowest BCUT2D eigenvalue weighted by molar-refractivity contribution is -0.911. The normalized spacial score (nSPS) is 57.2. The molecule has 3 heterocycles. The van der Waals surface area contributed by atoms with Crippen LogP contribution >= 0.6 is 0 Å². The lowest BCUT2D eigenvalue weighted by atomic mass is 9.53. The molecule has 0 radical (unpaired) electrons. The molecule has 2 saturated carbocycles. The molecule has 5 rings (SSSR count). The van der Waals surface area contributed by atoms with Crippen molar-refractivity contribution in [1.82, 2.24) is 0 Å². The predicted molar refractivity (Wildman–Crippen MR) is 94.2 cm³/mol. The van der Waals surface area contributed by atoms with Gasteiger partial charge < -0.3 is 14.4 Å². The predicted octanol–water partition coefficient (Wildman–Crippen LogP) is 1.83. The number of carbonyl (C=O) groups excluding carboxylic acids is 1. The average Bonchev–Trinajstić information content (AvgIpc) is 3.23. The number of fused-ring (bicyclic) bond motifs is 2. The molecule has 5 aliphatic rings. The molecule has 0 amide bonds. The Morgan fingerprint density at radius 2 is 2.08 bits per heavy atom. The quantitative estimate of drug-likeness (QED) is 0.612. The van der Waals surface area contributed by atoms with Crippen molar-refractivity contribution >= 4 is 5.97 Å². The summed E-state index contributed by atoms with van der Waals surface area (Å²) < 4.78 is 12.5. The molecule has 1 N–H and O–H groups in total. The van der Waals surface area contributed by atoms with Crippen LogP contribution < -0.4 is 4.90 Å². The molecule has 0 bridgehead atoms. The molecule has 3 aliphatic heterocycles. The summed E-state index contributed by atoms with van der Waals surface area (Å²) >= 11 is 0. The van der Waals surface area contributed by atoms with E-state index in [4.69, 9.17) is 9.47 Å². The van der Waals surface area contributed by atoms with Crippen molar-refractivity contribution in [2.24, 2.45) is 29.1 Å². The van der Waals surface area contributed by atoms with Gasteiger partial charge in [0.1, 0.15) is 17.6 Å². The van der Waals surface area contributed by atoms with Gasteiger partial charge in [0.2, 0.25) is 0 Å². The largest absolute Gasteiger partial charge is 0.462 e. The van der Waals surface area contributed by atoms with Crippen LogP contribution in [0.5, 0.6) is 0 Å². The molecule has 25 heavy (non-hydrogen) atoms. The zero-order valence-electron chi connectivity index (χ0n) is 16.1. The number of carbonyl (C=O) groups is 1. The van der Waals surface area contributed by atoms with E-state index in [0.717, 1.165) is 18.9 Å². The molecule has 3 saturated heterocycles. The van der Waals surface area contributed by atoms with Gasteiger partial charge in [-0.05, 0) is 38.0 Å². The van der Waals surface area contributed by atoms with Gasteiger partial charge in [-0.15, -0.1) is 0 Å². The number of hydrogen-bond donors (Lipinski definition) is 1. The van der Waals surface area contributed by atoms with Gasteiger partial charge in [0, 0.05) is 17.3 Å². The van der Waals surface area contributed by atoms with E-state index < -0.39 is 0 Å². The Kier molecular flexibility index (Phi) is 3.61. The summed E-state index contributed by atoms with van der Waals surface area (Å²) in [7, 11) is 0. The molecular formula is C21H34NO3+. The number of rotatable bonds is 2. The van der Waals surface area contributed by atoms with Gasteiger partial charge in [0.25, 0.3) is 0 Å². The zero-order valence-corrected chi connectivity index (χ0v) is 16.1. The molecule has 0 aromatic carbocycles. The Labute approximate surface area is 151 Å². The van der Waals surface area contributed by atoms with Crippen LogP contribution in [0.15, 0.2) is 0 Å². The summed E-state index contributed by atoms with van der Waals surface area (Å²) in [6, 6.07) is 0. The van der Waals surface area contributed by atoms with Crippen molar-refractivity contribution in [3.8, 4) is 0 Å². The first-order valence-corrected chi connectivity index (χ1v) is 10.7. The van der Waals surface area contributed by atoms with Crippen molar-refractivity contribution in [3.05, 3.63) is 0 Å². The molecule has 5 fully saturated rings. The molecule has 1 unspecified atom stereocenters. The summed E-state index contributed by atoms with van der Waals surface area (Å²) in [5, 5.41) is 0. The third kappa shape index (κ3) is 2.22. The van der Waals surface area contributed by atoms with E-state index in [1.54, 1.807) is 4.90 Å². The van der Waals surface area contributed by atoms with Gasteiger partial charge in [0.05, 0.1) is 25.7 Å². The number of piperidine rings is 1. The molecule has 2 aliphatic carbocycles. The van der Waals surface area contributed by atoms with Crippen molar-refractivity contribution in [2.45, 2.75) is 77.1 Å². The summed E-state index contributed by atoms with van der Waals surface area (Å²) in [5.41, 5.74) is 0.251. The van der Waals surface area contributed by atoms with Gasteiger partial charge >= 0.3 is 5.97 Å². The number of hydrogen-bond acceptors (Lipinski definition) is 3. The second-order valence-electron chi connectivity index (χ2n) is 10.2. The number of ether oxygens (including phenoxy) is 2. The Morgan fingerprint density at radius 3 is 2.88 bits per heavy atom. The summed E-state index contributed by atoms with van der Waals surface area (Å²) in [6.07, 6.45) is 7.83. The fourth-order valence-corrected chi connectivity index (χ4v) is 7.36. The highest BCUT2D eigenvalue weighted by Gasteiger charge is 2.78. The van der Waals surface area contributed by atoms with Crippen LogP contribution in [0.25, 0.3) is 0 Å². The first kappa shape index (κ1) is 16.6. The summed E-state index contributed by atoms with van der Waals surface area (Å²) in [6.45, 7) is 10.5. The number of epoxide rings is 1. The highest BCUT2D eigenvalue weighted by molar-refractivity contribution is 5.76. The monoisotopic (exact) mass is 348 g/mol. The van der Waals surface area contributed by atoms with Crippen LogP contribution in [-0.4, -0.2) is 43.4 Å². The molecule has 9 atom stereocenters. The van der Waals surface area contributed by atoms with E-state index in [9.17, 15) is 4.79 Å². The maximum absolute atomic E-state index is 12.8. The topological polar surface area (TPSA) is 43.3 Å². The lowest BCUT2D eigenvalue weighted by Crippen LogP contribution is -3.14. The molecule has 140 valence electrons. The van der Waals surface area contributed by atoms with Gasteiger partial charge in [-0.2, -0.15) is 0 Å². The molecule has 0 aromatic rings. The van der Waals surface area contributed by atoms with Crippen molar-refractivity contribution in [2.75, 3.05) is 19.6 Å².